The SMILES string of the molecule is C=CCOC(=O)N[C@@H](C1CC1)[C@@H](O)C(=O)OC1C[C@@]2(O)[C@@H](OC(C)=O)[C@@H]3[C@]4(O)CO[C@@H]4C[C@H](O)[C@@]3(C)C(=O)[C@H](O)C(=C1C)C2(C)C.[Ac].[Ac]. The molecule has 3 saturated carbocycles. The van der Waals surface area contributed by atoms with Gasteiger partial charge in [-0.2, -0.15) is 0 Å². The van der Waals surface area contributed by atoms with E-state index < -0.39 is 101 Å². The van der Waals surface area contributed by atoms with Gasteiger partial charge in [0.15, 0.2) is 11.9 Å². The third kappa shape index (κ3) is 6.81. The average Bonchev–Trinajstić information content (AvgIpc) is 3.82. The molecule has 0 spiro atoms. The van der Waals surface area contributed by atoms with Crippen LogP contribution in [0.1, 0.15) is 60.3 Å². The van der Waals surface area contributed by atoms with E-state index in [2.05, 4.69) is 11.9 Å². The summed E-state index contributed by atoms with van der Waals surface area (Å²) in [5.74, 6) is -4.51. The van der Waals surface area contributed by atoms with Gasteiger partial charge in [-0.1, -0.05) is 26.5 Å². The van der Waals surface area contributed by atoms with E-state index in [1.54, 1.807) is 13.8 Å². The minimum atomic E-state index is -2.20. The molecule has 14 nitrogen and oxygen atoms in total. The van der Waals surface area contributed by atoms with E-state index in [1.165, 1.54) is 19.9 Å². The standard InChI is InChI=1S/C32H45NO13.2Ac/c1-7-10-43-28(40)33-21(16-8-9-16)23(37)27(39)46-17-12-32(42)26(45-15(3)34)24-30(6,18(35)11-19-31(24,41)13-44-19)25(38)22(36)20(14(17)2)29(32,4)5;;/h7,16-19,21-24,26,35-37,41-42H,1,8-13H2,2-6H3,(H,33,40);;/t17?,18-,19+,21-,22+,23+,24-,26-,30+,31-,32+;;/m0../s1. The fourth-order valence-electron chi connectivity index (χ4n) is 8.38. The number of carbonyl (C=O) groups is 4. The Morgan fingerprint density at radius 1 is 1.12 bits per heavy atom. The molecule has 4 fully saturated rings. The smallest absolute Gasteiger partial charge is 0.407 e. The Hall–Kier alpha value is 0.00312. The van der Waals surface area contributed by atoms with Crippen molar-refractivity contribution in [3.63, 3.8) is 0 Å². The number of ketones is 1. The average molecular weight is 1110 g/mol. The van der Waals surface area contributed by atoms with E-state index in [9.17, 15) is 44.7 Å². The fourth-order valence-corrected chi connectivity index (χ4v) is 8.38. The number of hydrogen-bond donors (Lipinski definition) is 6. The van der Waals surface area contributed by atoms with Gasteiger partial charge in [-0.15, -0.1) is 0 Å². The number of alkyl carbamates (subject to hydrolysis) is 1. The number of ether oxygens (including phenoxy) is 4. The molecule has 0 aromatic carbocycles. The maximum absolute atomic E-state index is 14.3. The van der Waals surface area contributed by atoms with Crippen molar-refractivity contribution >= 4 is 23.8 Å². The number of carbonyl (C=O) groups excluding carboxylic acids is 4. The second kappa shape index (κ2) is 15.2. The maximum atomic E-state index is 14.3. The molecule has 262 valence electrons. The molecule has 16 heteroatoms. The molecule has 48 heavy (non-hydrogen) atoms. The van der Waals surface area contributed by atoms with Crippen molar-refractivity contribution in [3.8, 4) is 0 Å². The van der Waals surface area contributed by atoms with Crippen molar-refractivity contribution in [1.29, 1.82) is 0 Å². The van der Waals surface area contributed by atoms with Crippen LogP contribution in [0.5, 0.6) is 0 Å². The predicted molar refractivity (Wildman–Crippen MR) is 157 cm³/mol. The number of Topliss-reactive ketones (excluding diaryl/α,β-unsaturated/α-hetero) is 1. The molecule has 1 amide bonds. The first-order valence-corrected chi connectivity index (χ1v) is 15.6. The van der Waals surface area contributed by atoms with E-state index in [1.807, 2.05) is 0 Å². The van der Waals surface area contributed by atoms with Crippen molar-refractivity contribution in [2.75, 3.05) is 13.2 Å². The number of aliphatic hydroxyl groups excluding tert-OH is 3. The van der Waals surface area contributed by atoms with Crippen LogP contribution >= 0.6 is 0 Å². The molecule has 1 aliphatic heterocycles. The van der Waals surface area contributed by atoms with Crippen molar-refractivity contribution in [3.05, 3.63) is 23.8 Å². The Labute approximate surface area is 350 Å². The molecular weight excluding hydrogens is 1060 g/mol. The van der Waals surface area contributed by atoms with Gasteiger partial charge in [0, 0.05) is 119 Å². The summed E-state index contributed by atoms with van der Waals surface area (Å²) in [7, 11) is 0. The third-order valence-electron chi connectivity index (χ3n) is 11.3. The van der Waals surface area contributed by atoms with E-state index in [4.69, 9.17) is 18.9 Å². The summed E-state index contributed by atoms with van der Waals surface area (Å²) in [5, 5.41) is 61.3. The van der Waals surface area contributed by atoms with Crippen LogP contribution in [-0.2, 0) is 33.3 Å². The van der Waals surface area contributed by atoms with Crippen LogP contribution in [0.4, 0.5) is 4.79 Å². The van der Waals surface area contributed by atoms with Gasteiger partial charge in [0.25, 0.3) is 0 Å². The summed E-state index contributed by atoms with van der Waals surface area (Å²) in [5.41, 5.74) is -7.23. The van der Waals surface area contributed by atoms with Crippen LogP contribution in [0.2, 0.25) is 0 Å². The Morgan fingerprint density at radius 2 is 1.75 bits per heavy atom. The predicted octanol–water partition coefficient (Wildman–Crippen LogP) is -0.180. The molecule has 5 rings (SSSR count). The largest absolute Gasteiger partial charge is 0.459 e. The molecule has 2 radical (unpaired) electrons. The van der Waals surface area contributed by atoms with Gasteiger partial charge >= 0.3 is 18.0 Å². The Morgan fingerprint density at radius 3 is 2.27 bits per heavy atom. The first kappa shape index (κ1) is 42.4. The molecule has 2 bridgehead atoms. The number of esters is 2. The quantitative estimate of drug-likeness (QED) is 0.106. The molecule has 4 aliphatic carbocycles. The van der Waals surface area contributed by atoms with Crippen LogP contribution in [0.25, 0.3) is 0 Å². The van der Waals surface area contributed by atoms with Crippen LogP contribution < -0.4 is 5.32 Å². The number of fused-ring (bicyclic) bond motifs is 5. The van der Waals surface area contributed by atoms with Crippen molar-refractivity contribution in [2.24, 2.45) is 22.7 Å². The summed E-state index contributed by atoms with van der Waals surface area (Å²) in [6.45, 7) is 10.2. The Kier molecular flexibility index (Phi) is 13.4. The monoisotopic (exact) mass is 1110 g/mol. The normalized spacial score (nSPS) is 39.2. The molecule has 0 aromatic rings. The number of nitrogens with one attached hydrogen (secondary N) is 1. The number of hydrogen-bond acceptors (Lipinski definition) is 13. The Bertz CT molecular complexity index is 1350. The van der Waals surface area contributed by atoms with Crippen molar-refractivity contribution < 1.29 is 152 Å². The zero-order valence-corrected chi connectivity index (χ0v) is 37.4. The zero-order valence-electron chi connectivity index (χ0n) is 27.9. The van der Waals surface area contributed by atoms with Crippen LogP contribution in [0.15, 0.2) is 23.8 Å². The molecule has 1 heterocycles. The summed E-state index contributed by atoms with van der Waals surface area (Å²) in [4.78, 5) is 52.6. The molecular formula is C32H45Ac2NO13. The first-order valence-electron chi connectivity index (χ1n) is 15.6. The molecule has 11 atom stereocenters. The van der Waals surface area contributed by atoms with E-state index in [0.29, 0.717) is 12.8 Å². The second-order valence-corrected chi connectivity index (χ2v) is 14.2. The topological polar surface area (TPSA) is 218 Å². The van der Waals surface area contributed by atoms with Gasteiger partial charge in [0.05, 0.1) is 30.3 Å². The van der Waals surface area contributed by atoms with Gasteiger partial charge in [-0.3, -0.25) is 9.59 Å². The van der Waals surface area contributed by atoms with Crippen LogP contribution in [0, 0.1) is 111 Å². The minimum Gasteiger partial charge on any atom is -0.459 e. The van der Waals surface area contributed by atoms with Crippen LogP contribution in [-0.4, -0.2) is 116 Å². The second-order valence-electron chi connectivity index (χ2n) is 14.2. The van der Waals surface area contributed by atoms with E-state index in [0.717, 1.165) is 6.92 Å². The van der Waals surface area contributed by atoms with Crippen molar-refractivity contribution in [1.82, 2.24) is 5.32 Å². The van der Waals surface area contributed by atoms with E-state index >= 15 is 0 Å². The number of aliphatic hydroxyl groups is 5. The van der Waals surface area contributed by atoms with Gasteiger partial charge in [-0.05, 0) is 43.8 Å². The third-order valence-corrected chi connectivity index (χ3v) is 11.3. The molecule has 0 aromatic heterocycles. The van der Waals surface area contributed by atoms with Gasteiger partial charge < -0.3 is 49.8 Å². The van der Waals surface area contributed by atoms with E-state index in [-0.39, 0.29) is 125 Å². The number of rotatable bonds is 8. The van der Waals surface area contributed by atoms with Crippen molar-refractivity contribution in [2.45, 2.75) is 114 Å². The molecule has 6 N–H and O–H groups in total. The maximum Gasteiger partial charge on any atom is 0.407 e. The zero-order chi connectivity index (χ0) is 34.1. The van der Waals surface area contributed by atoms with Gasteiger partial charge in [0.1, 0.15) is 36.1 Å². The first-order chi connectivity index (χ1) is 21.4. The van der Waals surface area contributed by atoms with Gasteiger partial charge in [0.2, 0.25) is 0 Å². The fraction of sp³-hybridized carbons (Fsp3) is 0.750. The van der Waals surface area contributed by atoms with Gasteiger partial charge in [-0.25, -0.2) is 9.59 Å². The summed E-state index contributed by atoms with van der Waals surface area (Å²) in [6, 6.07) is -1.04. The number of amides is 1. The summed E-state index contributed by atoms with van der Waals surface area (Å²) in [6.07, 6.45) is -7.93. The molecule has 1 saturated heterocycles. The molecule has 5 aliphatic rings. The minimum absolute atomic E-state index is 0. The Balaban J connectivity index is 0.00000312. The molecule has 1 unspecified atom stereocenters. The summed E-state index contributed by atoms with van der Waals surface area (Å²) >= 11 is 0. The summed E-state index contributed by atoms with van der Waals surface area (Å²) < 4.78 is 22.0. The van der Waals surface area contributed by atoms with Crippen LogP contribution in [0.3, 0.4) is 0 Å².